The number of hydrogen-bond donors (Lipinski definition) is 2. The molecule has 1 aromatic heterocycles. The van der Waals surface area contributed by atoms with Crippen LogP contribution in [0.1, 0.15) is 34.7 Å². The summed E-state index contributed by atoms with van der Waals surface area (Å²) in [5.74, 6) is -0.334. The van der Waals surface area contributed by atoms with Crippen LogP contribution in [0, 0.1) is 6.92 Å². The summed E-state index contributed by atoms with van der Waals surface area (Å²) in [5.41, 5.74) is 6.29. The highest BCUT2D eigenvalue weighted by Gasteiger charge is 2.16. The van der Waals surface area contributed by atoms with Gasteiger partial charge in [0.05, 0.1) is 0 Å². The van der Waals surface area contributed by atoms with E-state index in [1.807, 2.05) is 13.8 Å². The van der Waals surface area contributed by atoms with E-state index < -0.39 is 5.97 Å². The molecule has 1 rings (SSSR count). The van der Waals surface area contributed by atoms with Crippen LogP contribution >= 0.6 is 0 Å². The van der Waals surface area contributed by atoms with Gasteiger partial charge in [-0.1, -0.05) is 6.92 Å². The van der Waals surface area contributed by atoms with Gasteiger partial charge in [0.2, 0.25) is 5.76 Å². The van der Waals surface area contributed by atoms with Gasteiger partial charge in [0.1, 0.15) is 5.76 Å². The lowest BCUT2D eigenvalue weighted by Gasteiger charge is -2.04. The normalized spacial score (nSPS) is 12.8. The Morgan fingerprint density at radius 2 is 2.38 bits per heavy atom. The molecule has 1 aromatic rings. The molecule has 0 radical (unpaired) electrons. The third kappa shape index (κ3) is 1.89. The number of carbonyl (C=O) groups is 1. The molecule has 0 aromatic carbocycles. The van der Waals surface area contributed by atoms with E-state index in [0.29, 0.717) is 12.3 Å². The Balaban J connectivity index is 3.02. The van der Waals surface area contributed by atoms with Gasteiger partial charge in [-0.05, 0) is 18.6 Å². The summed E-state index contributed by atoms with van der Waals surface area (Å²) in [6.07, 6.45) is 0. The Morgan fingerprint density at radius 1 is 1.77 bits per heavy atom. The summed E-state index contributed by atoms with van der Waals surface area (Å²) < 4.78 is 5.15. The molecule has 1 atom stereocenters. The second-order valence-electron chi connectivity index (χ2n) is 3.10. The largest absolute Gasteiger partial charge is 0.475 e. The van der Waals surface area contributed by atoms with E-state index in [2.05, 4.69) is 0 Å². The van der Waals surface area contributed by atoms with Gasteiger partial charge in [-0.2, -0.15) is 0 Å². The van der Waals surface area contributed by atoms with Gasteiger partial charge >= 0.3 is 5.97 Å². The summed E-state index contributed by atoms with van der Waals surface area (Å²) in [6.45, 7) is 4.17. The van der Waals surface area contributed by atoms with E-state index in [9.17, 15) is 4.79 Å². The Kier molecular flexibility index (Phi) is 2.72. The van der Waals surface area contributed by atoms with Crippen LogP contribution in [-0.2, 0) is 0 Å². The maximum atomic E-state index is 10.6. The van der Waals surface area contributed by atoms with Crippen molar-refractivity contribution in [2.75, 3.05) is 6.54 Å². The molecule has 0 spiro atoms. The zero-order chi connectivity index (χ0) is 10.0. The van der Waals surface area contributed by atoms with Gasteiger partial charge < -0.3 is 15.3 Å². The number of aryl methyl sites for hydroxylation is 1. The van der Waals surface area contributed by atoms with Crippen molar-refractivity contribution in [1.82, 2.24) is 0 Å². The first-order valence-corrected chi connectivity index (χ1v) is 4.10. The van der Waals surface area contributed by atoms with Crippen molar-refractivity contribution in [2.24, 2.45) is 5.73 Å². The molecule has 0 saturated heterocycles. The molecule has 0 saturated carbocycles. The molecule has 0 amide bonds. The quantitative estimate of drug-likeness (QED) is 0.741. The predicted molar refractivity (Wildman–Crippen MR) is 47.9 cm³/mol. The van der Waals surface area contributed by atoms with Crippen LogP contribution in [0.2, 0.25) is 0 Å². The molecule has 0 aliphatic rings. The fraction of sp³-hybridized carbons (Fsp3) is 0.444. The Bertz CT molecular complexity index is 317. The maximum Gasteiger partial charge on any atom is 0.371 e. The Hall–Kier alpha value is -1.29. The summed E-state index contributed by atoms with van der Waals surface area (Å²) in [6, 6.07) is 1.52. The number of aromatic carboxylic acids is 1. The number of carboxylic acid groups (broad SMARTS) is 1. The third-order valence-electron chi connectivity index (χ3n) is 1.97. The van der Waals surface area contributed by atoms with E-state index >= 15 is 0 Å². The molecule has 1 unspecified atom stereocenters. The molecule has 0 fully saturated rings. The van der Waals surface area contributed by atoms with E-state index in [4.69, 9.17) is 15.3 Å². The molecular formula is C9H13NO3. The lowest BCUT2D eigenvalue weighted by molar-refractivity contribution is 0.0660. The highest BCUT2D eigenvalue weighted by molar-refractivity contribution is 5.84. The molecule has 4 heteroatoms. The average molecular weight is 183 g/mol. The molecule has 0 aliphatic heterocycles. The minimum absolute atomic E-state index is 0.0206. The summed E-state index contributed by atoms with van der Waals surface area (Å²) in [7, 11) is 0. The van der Waals surface area contributed by atoms with Gasteiger partial charge in [0.15, 0.2) is 0 Å². The van der Waals surface area contributed by atoms with Crippen molar-refractivity contribution < 1.29 is 14.3 Å². The molecule has 3 N–H and O–H groups in total. The first kappa shape index (κ1) is 9.80. The van der Waals surface area contributed by atoms with Crippen LogP contribution in [-0.4, -0.2) is 17.6 Å². The first-order chi connectivity index (χ1) is 6.06. The van der Waals surface area contributed by atoms with Crippen LogP contribution in [0.5, 0.6) is 0 Å². The fourth-order valence-corrected chi connectivity index (χ4v) is 1.20. The Labute approximate surface area is 76.3 Å². The van der Waals surface area contributed by atoms with E-state index in [-0.39, 0.29) is 11.7 Å². The standard InChI is InChI=1S/C9H13NO3/c1-5-3-7(9(11)12)13-8(5)6(2)4-10/h3,6H,4,10H2,1-2H3,(H,11,12). The van der Waals surface area contributed by atoms with Crippen molar-refractivity contribution >= 4 is 5.97 Å². The van der Waals surface area contributed by atoms with Crippen LogP contribution in [0.3, 0.4) is 0 Å². The lowest BCUT2D eigenvalue weighted by atomic mass is 10.1. The zero-order valence-corrected chi connectivity index (χ0v) is 7.70. The van der Waals surface area contributed by atoms with Crippen LogP contribution in [0.25, 0.3) is 0 Å². The molecule has 13 heavy (non-hydrogen) atoms. The highest BCUT2D eigenvalue weighted by atomic mass is 16.4. The van der Waals surface area contributed by atoms with E-state index in [1.165, 1.54) is 6.07 Å². The summed E-state index contributed by atoms with van der Waals surface area (Å²) in [4.78, 5) is 10.6. The molecule has 0 aliphatic carbocycles. The lowest BCUT2D eigenvalue weighted by Crippen LogP contribution is -2.08. The first-order valence-electron chi connectivity index (χ1n) is 4.10. The van der Waals surface area contributed by atoms with E-state index in [1.54, 1.807) is 0 Å². The number of carboxylic acids is 1. The van der Waals surface area contributed by atoms with Gasteiger partial charge in [-0.3, -0.25) is 0 Å². The van der Waals surface area contributed by atoms with Crippen molar-refractivity contribution in [2.45, 2.75) is 19.8 Å². The third-order valence-corrected chi connectivity index (χ3v) is 1.97. The topological polar surface area (TPSA) is 76.5 Å². The number of nitrogens with two attached hydrogens (primary N) is 1. The molecular weight excluding hydrogens is 170 g/mol. The number of furan rings is 1. The van der Waals surface area contributed by atoms with Crippen molar-refractivity contribution in [3.8, 4) is 0 Å². The van der Waals surface area contributed by atoms with Gasteiger partial charge in [0, 0.05) is 12.5 Å². The van der Waals surface area contributed by atoms with Crippen LogP contribution in [0.15, 0.2) is 10.5 Å². The average Bonchev–Trinajstić information content (AvgIpc) is 2.46. The second-order valence-corrected chi connectivity index (χ2v) is 3.10. The molecule has 72 valence electrons. The highest BCUT2D eigenvalue weighted by Crippen LogP contribution is 2.22. The molecule has 1 heterocycles. The molecule has 4 nitrogen and oxygen atoms in total. The van der Waals surface area contributed by atoms with E-state index in [0.717, 1.165) is 5.56 Å². The maximum absolute atomic E-state index is 10.6. The smallest absolute Gasteiger partial charge is 0.371 e. The zero-order valence-electron chi connectivity index (χ0n) is 7.70. The van der Waals surface area contributed by atoms with Crippen LogP contribution in [0.4, 0.5) is 0 Å². The SMILES string of the molecule is Cc1cc(C(=O)O)oc1C(C)CN. The van der Waals surface area contributed by atoms with Crippen molar-refractivity contribution in [1.29, 1.82) is 0 Å². The monoisotopic (exact) mass is 183 g/mol. The summed E-state index contributed by atoms with van der Waals surface area (Å²) >= 11 is 0. The van der Waals surface area contributed by atoms with Crippen LogP contribution < -0.4 is 5.73 Å². The van der Waals surface area contributed by atoms with Gasteiger partial charge in [-0.25, -0.2) is 4.79 Å². The Morgan fingerprint density at radius 3 is 2.77 bits per heavy atom. The van der Waals surface area contributed by atoms with Crippen molar-refractivity contribution in [3.63, 3.8) is 0 Å². The minimum Gasteiger partial charge on any atom is -0.475 e. The van der Waals surface area contributed by atoms with Crippen molar-refractivity contribution in [3.05, 3.63) is 23.2 Å². The fourth-order valence-electron chi connectivity index (χ4n) is 1.20. The number of hydrogen-bond acceptors (Lipinski definition) is 3. The van der Waals surface area contributed by atoms with Gasteiger partial charge in [0.25, 0.3) is 0 Å². The number of rotatable bonds is 3. The predicted octanol–water partition coefficient (Wildman–Crippen LogP) is 1.35. The summed E-state index contributed by atoms with van der Waals surface area (Å²) in [5, 5.41) is 8.65. The van der Waals surface area contributed by atoms with Gasteiger partial charge in [-0.15, -0.1) is 0 Å². The molecule has 0 bridgehead atoms. The minimum atomic E-state index is -1.04. The second kappa shape index (κ2) is 3.62.